The van der Waals surface area contributed by atoms with Crippen LogP contribution < -0.4 is 5.73 Å². The van der Waals surface area contributed by atoms with E-state index < -0.39 is 0 Å². The Balaban J connectivity index is 1.99. The van der Waals surface area contributed by atoms with Crippen LogP contribution in [0.15, 0.2) is 24.3 Å². The Bertz CT molecular complexity index is 362. The van der Waals surface area contributed by atoms with Crippen LogP contribution in [0.2, 0.25) is 0 Å². The molecule has 0 saturated heterocycles. The molecule has 94 valence electrons. The van der Waals surface area contributed by atoms with E-state index in [0.29, 0.717) is 0 Å². The third-order valence-electron chi connectivity index (χ3n) is 4.32. The highest BCUT2D eigenvalue weighted by atomic mass is 14.7. The summed E-state index contributed by atoms with van der Waals surface area (Å²) in [6.45, 7) is 4.45. The zero-order valence-corrected chi connectivity index (χ0v) is 11.2. The molecular formula is C16H25N. The molecule has 1 fully saturated rings. The standard InChI is InChI=1S/C16H25N/c1-3-14-7-9-16(17,10-8-14)12-15-6-4-5-13(2)11-15/h4-6,11,14H,3,7-10,12,17H2,1-2H3. The third-order valence-corrected chi connectivity index (χ3v) is 4.32. The molecule has 0 spiro atoms. The lowest BCUT2D eigenvalue weighted by Gasteiger charge is -2.37. The van der Waals surface area contributed by atoms with E-state index in [2.05, 4.69) is 38.1 Å². The molecule has 0 bridgehead atoms. The van der Waals surface area contributed by atoms with E-state index in [1.165, 1.54) is 43.2 Å². The number of benzene rings is 1. The predicted octanol–water partition coefficient (Wildman–Crippen LogP) is 3.84. The maximum Gasteiger partial charge on any atom is 0.0195 e. The van der Waals surface area contributed by atoms with Crippen molar-refractivity contribution in [3.8, 4) is 0 Å². The number of rotatable bonds is 3. The van der Waals surface area contributed by atoms with Crippen LogP contribution in [-0.4, -0.2) is 5.54 Å². The molecule has 0 amide bonds. The second kappa shape index (κ2) is 5.22. The topological polar surface area (TPSA) is 26.0 Å². The van der Waals surface area contributed by atoms with Crippen molar-refractivity contribution in [3.63, 3.8) is 0 Å². The molecular weight excluding hydrogens is 206 g/mol. The van der Waals surface area contributed by atoms with Crippen molar-refractivity contribution in [2.24, 2.45) is 11.7 Å². The summed E-state index contributed by atoms with van der Waals surface area (Å²) in [4.78, 5) is 0. The molecule has 1 aliphatic rings. The summed E-state index contributed by atoms with van der Waals surface area (Å²) >= 11 is 0. The molecule has 0 aliphatic heterocycles. The van der Waals surface area contributed by atoms with Crippen LogP contribution in [0.1, 0.15) is 50.2 Å². The summed E-state index contributed by atoms with van der Waals surface area (Å²) < 4.78 is 0. The van der Waals surface area contributed by atoms with Crippen molar-refractivity contribution in [2.45, 2.75) is 57.9 Å². The fourth-order valence-electron chi connectivity index (χ4n) is 3.07. The molecule has 1 nitrogen and oxygen atoms in total. The van der Waals surface area contributed by atoms with Crippen LogP contribution in [0, 0.1) is 12.8 Å². The summed E-state index contributed by atoms with van der Waals surface area (Å²) in [5.74, 6) is 0.921. The lowest BCUT2D eigenvalue weighted by Crippen LogP contribution is -2.45. The van der Waals surface area contributed by atoms with Crippen molar-refractivity contribution < 1.29 is 0 Å². The van der Waals surface area contributed by atoms with E-state index in [9.17, 15) is 0 Å². The Labute approximate surface area is 105 Å². The molecule has 1 saturated carbocycles. The zero-order chi connectivity index (χ0) is 12.3. The second-order valence-corrected chi connectivity index (χ2v) is 5.88. The van der Waals surface area contributed by atoms with Gasteiger partial charge in [-0.25, -0.2) is 0 Å². The normalized spacial score (nSPS) is 29.2. The van der Waals surface area contributed by atoms with Gasteiger partial charge in [-0.15, -0.1) is 0 Å². The Hall–Kier alpha value is -0.820. The first-order chi connectivity index (χ1) is 8.11. The Kier molecular flexibility index (Phi) is 3.88. The maximum absolute atomic E-state index is 6.56. The molecule has 0 heterocycles. The molecule has 2 N–H and O–H groups in total. The van der Waals surface area contributed by atoms with Crippen LogP contribution in [0.25, 0.3) is 0 Å². The highest BCUT2D eigenvalue weighted by molar-refractivity contribution is 5.24. The highest BCUT2D eigenvalue weighted by Gasteiger charge is 2.30. The number of hydrogen-bond acceptors (Lipinski definition) is 1. The van der Waals surface area contributed by atoms with Gasteiger partial charge in [-0.05, 0) is 50.5 Å². The minimum Gasteiger partial charge on any atom is -0.325 e. The fraction of sp³-hybridized carbons (Fsp3) is 0.625. The van der Waals surface area contributed by atoms with Gasteiger partial charge in [0.15, 0.2) is 0 Å². The van der Waals surface area contributed by atoms with Crippen molar-refractivity contribution in [1.82, 2.24) is 0 Å². The van der Waals surface area contributed by atoms with E-state index in [1.807, 2.05) is 0 Å². The summed E-state index contributed by atoms with van der Waals surface area (Å²) in [6.07, 6.45) is 7.39. The van der Waals surface area contributed by atoms with Crippen molar-refractivity contribution in [2.75, 3.05) is 0 Å². The largest absolute Gasteiger partial charge is 0.325 e. The number of hydrogen-bond donors (Lipinski definition) is 1. The van der Waals surface area contributed by atoms with Gasteiger partial charge in [-0.1, -0.05) is 43.2 Å². The average molecular weight is 231 g/mol. The van der Waals surface area contributed by atoms with Crippen LogP contribution in [0.3, 0.4) is 0 Å². The first kappa shape index (κ1) is 12.6. The fourth-order valence-corrected chi connectivity index (χ4v) is 3.07. The molecule has 2 rings (SSSR count). The Morgan fingerprint density at radius 2 is 2.00 bits per heavy atom. The van der Waals surface area contributed by atoms with Crippen molar-refractivity contribution >= 4 is 0 Å². The minimum absolute atomic E-state index is 0.0550. The summed E-state index contributed by atoms with van der Waals surface area (Å²) in [5.41, 5.74) is 9.36. The first-order valence-corrected chi connectivity index (χ1v) is 6.96. The molecule has 0 aromatic heterocycles. The average Bonchev–Trinajstić information content (AvgIpc) is 2.29. The summed E-state index contributed by atoms with van der Waals surface area (Å²) in [5, 5.41) is 0. The van der Waals surface area contributed by atoms with Gasteiger partial charge in [0.05, 0.1) is 0 Å². The van der Waals surface area contributed by atoms with Crippen molar-refractivity contribution in [1.29, 1.82) is 0 Å². The van der Waals surface area contributed by atoms with Crippen LogP contribution >= 0.6 is 0 Å². The highest BCUT2D eigenvalue weighted by Crippen LogP contribution is 2.34. The van der Waals surface area contributed by atoms with Gasteiger partial charge >= 0.3 is 0 Å². The zero-order valence-electron chi connectivity index (χ0n) is 11.2. The van der Waals surface area contributed by atoms with E-state index in [4.69, 9.17) is 5.73 Å². The quantitative estimate of drug-likeness (QED) is 0.840. The number of aryl methyl sites for hydroxylation is 1. The Morgan fingerprint density at radius 3 is 2.59 bits per heavy atom. The smallest absolute Gasteiger partial charge is 0.0195 e. The van der Waals surface area contributed by atoms with Gasteiger partial charge in [0.25, 0.3) is 0 Å². The van der Waals surface area contributed by atoms with Gasteiger partial charge in [0.2, 0.25) is 0 Å². The van der Waals surface area contributed by atoms with Gasteiger partial charge in [-0.3, -0.25) is 0 Å². The minimum atomic E-state index is 0.0550. The van der Waals surface area contributed by atoms with Gasteiger partial charge in [0.1, 0.15) is 0 Å². The summed E-state index contributed by atoms with van der Waals surface area (Å²) in [6, 6.07) is 8.79. The van der Waals surface area contributed by atoms with Gasteiger partial charge in [-0.2, -0.15) is 0 Å². The monoisotopic (exact) mass is 231 g/mol. The van der Waals surface area contributed by atoms with E-state index >= 15 is 0 Å². The van der Waals surface area contributed by atoms with E-state index in [0.717, 1.165) is 12.3 Å². The molecule has 0 radical (unpaired) electrons. The van der Waals surface area contributed by atoms with E-state index in [-0.39, 0.29) is 5.54 Å². The molecule has 1 heteroatoms. The van der Waals surface area contributed by atoms with Gasteiger partial charge < -0.3 is 5.73 Å². The van der Waals surface area contributed by atoms with Crippen LogP contribution in [0.4, 0.5) is 0 Å². The van der Waals surface area contributed by atoms with Crippen LogP contribution in [0.5, 0.6) is 0 Å². The predicted molar refractivity (Wildman–Crippen MR) is 74.1 cm³/mol. The lowest BCUT2D eigenvalue weighted by atomic mass is 9.73. The second-order valence-electron chi connectivity index (χ2n) is 5.88. The molecule has 1 aromatic carbocycles. The molecule has 17 heavy (non-hydrogen) atoms. The SMILES string of the molecule is CCC1CCC(N)(Cc2cccc(C)c2)CC1. The van der Waals surface area contributed by atoms with E-state index in [1.54, 1.807) is 0 Å². The Morgan fingerprint density at radius 1 is 1.29 bits per heavy atom. The number of nitrogens with two attached hydrogens (primary N) is 1. The first-order valence-electron chi connectivity index (χ1n) is 6.96. The molecule has 1 aliphatic carbocycles. The summed E-state index contributed by atoms with van der Waals surface area (Å²) in [7, 11) is 0. The van der Waals surface area contributed by atoms with Gasteiger partial charge in [0, 0.05) is 5.54 Å². The van der Waals surface area contributed by atoms with Crippen molar-refractivity contribution in [3.05, 3.63) is 35.4 Å². The molecule has 0 unspecified atom stereocenters. The molecule has 1 aromatic rings. The lowest BCUT2D eigenvalue weighted by molar-refractivity contribution is 0.228. The van der Waals surface area contributed by atoms with Crippen LogP contribution in [-0.2, 0) is 6.42 Å². The third kappa shape index (κ3) is 3.32. The maximum atomic E-state index is 6.56. The molecule has 0 atom stereocenters.